The van der Waals surface area contributed by atoms with Crippen LogP contribution in [0.2, 0.25) is 0 Å². The molecule has 32 heavy (non-hydrogen) atoms. The molecule has 2 aromatic rings. The highest BCUT2D eigenvalue weighted by molar-refractivity contribution is 5.81. The molecule has 1 N–H and O–H groups in total. The van der Waals surface area contributed by atoms with Crippen molar-refractivity contribution in [1.29, 1.82) is 0 Å². The van der Waals surface area contributed by atoms with Gasteiger partial charge in [-0.05, 0) is 29.7 Å². The quantitative estimate of drug-likeness (QED) is 0.320. The Morgan fingerprint density at radius 1 is 1.00 bits per heavy atom. The molecule has 0 fully saturated rings. The van der Waals surface area contributed by atoms with E-state index in [-0.39, 0.29) is 13.0 Å². The van der Waals surface area contributed by atoms with Crippen molar-refractivity contribution in [2.75, 3.05) is 13.7 Å². The van der Waals surface area contributed by atoms with Crippen LogP contribution in [0.3, 0.4) is 0 Å². The van der Waals surface area contributed by atoms with E-state index in [4.69, 9.17) is 18.9 Å². The van der Waals surface area contributed by atoms with E-state index >= 15 is 0 Å². The Morgan fingerprint density at radius 2 is 1.75 bits per heavy atom. The summed E-state index contributed by atoms with van der Waals surface area (Å²) in [6.45, 7) is 3.88. The molecule has 0 bridgehead atoms. The van der Waals surface area contributed by atoms with Crippen LogP contribution in [0.15, 0.2) is 48.5 Å². The topological polar surface area (TPSA) is 100 Å². The number of hydrogen-bond donors (Lipinski definition) is 1. The summed E-state index contributed by atoms with van der Waals surface area (Å²) in [5.74, 6) is -0.392. The van der Waals surface area contributed by atoms with Crippen molar-refractivity contribution >= 4 is 18.0 Å². The van der Waals surface area contributed by atoms with Crippen molar-refractivity contribution in [3.8, 4) is 11.5 Å². The van der Waals surface area contributed by atoms with Gasteiger partial charge in [0.1, 0.15) is 12.6 Å². The van der Waals surface area contributed by atoms with E-state index in [1.54, 1.807) is 18.2 Å². The van der Waals surface area contributed by atoms with Crippen LogP contribution in [0.5, 0.6) is 11.5 Å². The Balaban J connectivity index is 2.09. The highest BCUT2D eigenvalue weighted by atomic mass is 16.6. The van der Waals surface area contributed by atoms with Gasteiger partial charge in [-0.1, -0.05) is 49.7 Å². The van der Waals surface area contributed by atoms with Gasteiger partial charge < -0.3 is 24.3 Å². The van der Waals surface area contributed by atoms with Gasteiger partial charge in [-0.3, -0.25) is 4.79 Å². The summed E-state index contributed by atoms with van der Waals surface area (Å²) in [5.41, 5.74) is 1.51. The van der Waals surface area contributed by atoms with Crippen LogP contribution >= 0.6 is 0 Å². The number of esters is 2. The van der Waals surface area contributed by atoms with Crippen LogP contribution in [0, 0.1) is 0 Å². The molecule has 2 aromatic carbocycles. The third-order valence-corrected chi connectivity index (χ3v) is 4.45. The van der Waals surface area contributed by atoms with Gasteiger partial charge in [0.25, 0.3) is 0 Å². The average molecular weight is 443 g/mol. The summed E-state index contributed by atoms with van der Waals surface area (Å²) in [7, 11) is 1.25. The molecular formula is C24H29NO7. The van der Waals surface area contributed by atoms with Gasteiger partial charge in [0.15, 0.2) is 11.5 Å². The van der Waals surface area contributed by atoms with E-state index in [0.29, 0.717) is 23.7 Å². The molecule has 0 aliphatic heterocycles. The van der Waals surface area contributed by atoms with Gasteiger partial charge in [-0.15, -0.1) is 0 Å². The normalized spacial score (nSPS) is 11.2. The highest BCUT2D eigenvalue weighted by Gasteiger charge is 2.23. The number of unbranched alkanes of at least 4 members (excludes halogenated alkanes) is 1. The third kappa shape index (κ3) is 8.29. The molecule has 1 amide bonds. The molecule has 1 unspecified atom stereocenters. The lowest BCUT2D eigenvalue weighted by Gasteiger charge is -2.18. The van der Waals surface area contributed by atoms with Crippen LogP contribution < -0.4 is 14.8 Å². The molecule has 8 heteroatoms. The average Bonchev–Trinajstić information content (AvgIpc) is 2.79. The summed E-state index contributed by atoms with van der Waals surface area (Å²) in [4.78, 5) is 35.8. The minimum absolute atomic E-state index is 0.0765. The van der Waals surface area contributed by atoms with Crippen molar-refractivity contribution < 1.29 is 33.3 Å². The Bertz CT molecular complexity index is 898. The first kappa shape index (κ1) is 24.7. The van der Waals surface area contributed by atoms with Crippen LogP contribution in [0.1, 0.15) is 37.8 Å². The number of methoxy groups -OCH3 is 1. The Kier molecular flexibility index (Phi) is 10.0. The molecule has 0 heterocycles. The molecule has 0 aliphatic rings. The minimum Gasteiger partial charge on any atom is -0.490 e. The fourth-order valence-electron chi connectivity index (χ4n) is 2.84. The number of carbonyl (C=O) groups excluding carboxylic acids is 3. The predicted octanol–water partition coefficient (Wildman–Crippen LogP) is 3.80. The number of ether oxygens (including phenoxy) is 4. The lowest BCUT2D eigenvalue weighted by atomic mass is 10.1. The predicted molar refractivity (Wildman–Crippen MR) is 117 cm³/mol. The second kappa shape index (κ2) is 13.0. The summed E-state index contributed by atoms with van der Waals surface area (Å²) < 4.78 is 21.0. The van der Waals surface area contributed by atoms with E-state index in [2.05, 4.69) is 5.32 Å². The molecule has 0 saturated heterocycles. The number of carbonyl (C=O) groups is 3. The summed E-state index contributed by atoms with van der Waals surface area (Å²) in [6, 6.07) is 13.2. The zero-order valence-corrected chi connectivity index (χ0v) is 18.6. The van der Waals surface area contributed by atoms with E-state index in [9.17, 15) is 14.4 Å². The smallest absolute Gasteiger partial charge is 0.408 e. The SMILES string of the molecule is CCCCOc1cc(CC(NC(=O)OCc2ccccc2)C(=O)OC)ccc1OC(C)=O. The first-order valence-electron chi connectivity index (χ1n) is 10.4. The Morgan fingerprint density at radius 3 is 2.41 bits per heavy atom. The fourth-order valence-corrected chi connectivity index (χ4v) is 2.84. The molecule has 172 valence electrons. The minimum atomic E-state index is -0.966. The highest BCUT2D eigenvalue weighted by Crippen LogP contribution is 2.29. The molecule has 2 rings (SSSR count). The van der Waals surface area contributed by atoms with Crippen molar-refractivity contribution in [1.82, 2.24) is 5.32 Å². The second-order valence-electron chi connectivity index (χ2n) is 7.06. The standard InChI is InChI=1S/C24H29NO7/c1-4-5-13-30-22-15-19(11-12-21(22)32-17(2)26)14-20(23(27)29-3)25-24(28)31-16-18-9-7-6-8-10-18/h6-12,15,20H,4-5,13-14,16H2,1-3H3,(H,25,28). The maximum absolute atomic E-state index is 12.2. The molecule has 8 nitrogen and oxygen atoms in total. The second-order valence-corrected chi connectivity index (χ2v) is 7.06. The number of rotatable bonds is 11. The van der Waals surface area contributed by atoms with Gasteiger partial charge in [-0.2, -0.15) is 0 Å². The summed E-state index contributed by atoms with van der Waals surface area (Å²) in [5, 5.41) is 2.54. The van der Waals surface area contributed by atoms with E-state index in [1.807, 2.05) is 37.3 Å². The number of hydrogen-bond acceptors (Lipinski definition) is 7. The maximum Gasteiger partial charge on any atom is 0.408 e. The van der Waals surface area contributed by atoms with Gasteiger partial charge in [0.05, 0.1) is 13.7 Å². The van der Waals surface area contributed by atoms with Crippen LogP contribution in [0.25, 0.3) is 0 Å². The third-order valence-electron chi connectivity index (χ3n) is 4.45. The van der Waals surface area contributed by atoms with E-state index in [1.165, 1.54) is 14.0 Å². The number of benzene rings is 2. The number of nitrogens with one attached hydrogen (secondary N) is 1. The zero-order valence-electron chi connectivity index (χ0n) is 18.6. The van der Waals surface area contributed by atoms with Gasteiger partial charge >= 0.3 is 18.0 Å². The summed E-state index contributed by atoms with van der Waals surface area (Å²) >= 11 is 0. The van der Waals surface area contributed by atoms with Crippen LogP contribution in [-0.4, -0.2) is 37.8 Å². The van der Waals surface area contributed by atoms with Crippen molar-refractivity contribution in [2.45, 2.75) is 45.8 Å². The molecule has 0 spiro atoms. The molecule has 0 saturated carbocycles. The van der Waals surface area contributed by atoms with E-state index < -0.39 is 24.1 Å². The Hall–Kier alpha value is -3.55. The Labute approximate surface area is 187 Å². The fraction of sp³-hybridized carbons (Fsp3) is 0.375. The van der Waals surface area contributed by atoms with Gasteiger partial charge in [0, 0.05) is 13.3 Å². The van der Waals surface area contributed by atoms with Crippen LogP contribution in [-0.2, 0) is 32.1 Å². The zero-order chi connectivity index (χ0) is 23.3. The monoisotopic (exact) mass is 443 g/mol. The molecule has 0 aromatic heterocycles. The number of alkyl carbamates (subject to hydrolysis) is 1. The van der Waals surface area contributed by atoms with Crippen LogP contribution in [0.4, 0.5) is 4.79 Å². The van der Waals surface area contributed by atoms with Crippen molar-refractivity contribution in [3.63, 3.8) is 0 Å². The molecule has 1 atom stereocenters. The largest absolute Gasteiger partial charge is 0.490 e. The lowest BCUT2D eigenvalue weighted by molar-refractivity contribution is -0.143. The van der Waals surface area contributed by atoms with E-state index in [0.717, 1.165) is 18.4 Å². The lowest BCUT2D eigenvalue weighted by Crippen LogP contribution is -2.43. The van der Waals surface area contributed by atoms with Crippen molar-refractivity contribution in [2.24, 2.45) is 0 Å². The van der Waals surface area contributed by atoms with Gasteiger partial charge in [-0.25, -0.2) is 9.59 Å². The first-order chi connectivity index (χ1) is 15.4. The molecule has 0 aliphatic carbocycles. The molecular weight excluding hydrogens is 414 g/mol. The van der Waals surface area contributed by atoms with Gasteiger partial charge in [0.2, 0.25) is 0 Å². The first-order valence-corrected chi connectivity index (χ1v) is 10.4. The number of amides is 1. The molecule has 0 radical (unpaired) electrons. The maximum atomic E-state index is 12.2. The summed E-state index contributed by atoms with van der Waals surface area (Å²) in [6.07, 6.45) is 1.18. The van der Waals surface area contributed by atoms with Crippen molar-refractivity contribution in [3.05, 3.63) is 59.7 Å².